The molecule has 3 rings (SSSR count). The van der Waals surface area contributed by atoms with Crippen LogP contribution in [-0.2, 0) is 4.79 Å². The van der Waals surface area contributed by atoms with Gasteiger partial charge in [-0.1, -0.05) is 24.3 Å². The third-order valence-corrected chi connectivity index (χ3v) is 4.88. The van der Waals surface area contributed by atoms with Gasteiger partial charge in [0.15, 0.2) is 0 Å². The van der Waals surface area contributed by atoms with E-state index in [-0.39, 0.29) is 11.7 Å². The molecule has 27 heavy (non-hydrogen) atoms. The van der Waals surface area contributed by atoms with E-state index < -0.39 is 6.10 Å². The van der Waals surface area contributed by atoms with Crippen molar-refractivity contribution in [1.29, 1.82) is 0 Å². The zero-order chi connectivity index (χ0) is 19.2. The molecule has 2 aromatic rings. The second kappa shape index (κ2) is 8.97. The van der Waals surface area contributed by atoms with Crippen molar-refractivity contribution in [2.75, 3.05) is 42.9 Å². The maximum absolute atomic E-state index is 14.3. The summed E-state index contributed by atoms with van der Waals surface area (Å²) in [5, 5.41) is 12.5. The van der Waals surface area contributed by atoms with Crippen LogP contribution in [0.25, 0.3) is 0 Å². The first-order chi connectivity index (χ1) is 13.0. The summed E-state index contributed by atoms with van der Waals surface area (Å²) in [6.07, 6.45) is -0.237. The van der Waals surface area contributed by atoms with Crippen LogP contribution in [0.5, 0.6) is 0 Å². The minimum absolute atomic E-state index is 0.00314. The summed E-state index contributed by atoms with van der Waals surface area (Å²) >= 11 is 0. The molecule has 1 saturated heterocycles. The number of benzene rings is 2. The number of aliphatic hydroxyl groups is 1. The highest BCUT2D eigenvalue weighted by Crippen LogP contribution is 2.24. The Morgan fingerprint density at radius 1 is 1.15 bits per heavy atom. The van der Waals surface area contributed by atoms with Crippen LogP contribution in [0.4, 0.5) is 15.8 Å². The predicted octanol–water partition coefficient (Wildman–Crippen LogP) is 3.03. The number of aliphatic hydroxyl groups excluding tert-OH is 1. The molecule has 0 bridgehead atoms. The quantitative estimate of drug-likeness (QED) is 0.820. The van der Waals surface area contributed by atoms with Crippen molar-refractivity contribution in [3.05, 3.63) is 59.9 Å². The number of amides is 1. The smallest absolute Gasteiger partial charge is 0.225 e. The number of para-hydroxylation sites is 1. The maximum atomic E-state index is 14.3. The first kappa shape index (κ1) is 19.3. The molecule has 1 atom stereocenters. The Hall–Kier alpha value is -2.44. The highest BCUT2D eigenvalue weighted by molar-refractivity contribution is 5.90. The van der Waals surface area contributed by atoms with Crippen molar-refractivity contribution in [1.82, 2.24) is 4.90 Å². The van der Waals surface area contributed by atoms with E-state index in [9.17, 15) is 14.3 Å². The highest BCUT2D eigenvalue weighted by atomic mass is 19.1. The number of carbonyl (C=O) groups is 1. The van der Waals surface area contributed by atoms with Crippen molar-refractivity contribution in [3.63, 3.8) is 0 Å². The van der Waals surface area contributed by atoms with Gasteiger partial charge < -0.3 is 15.3 Å². The van der Waals surface area contributed by atoms with Crippen molar-refractivity contribution in [2.24, 2.45) is 0 Å². The van der Waals surface area contributed by atoms with Crippen molar-refractivity contribution in [3.8, 4) is 0 Å². The average molecular weight is 371 g/mol. The van der Waals surface area contributed by atoms with E-state index in [4.69, 9.17) is 0 Å². The van der Waals surface area contributed by atoms with Crippen LogP contribution in [0.3, 0.4) is 0 Å². The molecule has 6 heteroatoms. The first-order valence-corrected chi connectivity index (χ1v) is 9.32. The molecule has 2 aromatic carbocycles. The van der Waals surface area contributed by atoms with E-state index in [1.54, 1.807) is 19.1 Å². The molecule has 1 amide bonds. The van der Waals surface area contributed by atoms with Crippen LogP contribution >= 0.6 is 0 Å². The molecular formula is C21H26FN3O2. The van der Waals surface area contributed by atoms with Crippen LogP contribution in [0, 0.1) is 5.82 Å². The molecule has 1 fully saturated rings. The van der Waals surface area contributed by atoms with E-state index in [2.05, 4.69) is 10.2 Å². The van der Waals surface area contributed by atoms with Gasteiger partial charge in [-0.05, 0) is 36.8 Å². The van der Waals surface area contributed by atoms with Gasteiger partial charge in [-0.3, -0.25) is 9.69 Å². The van der Waals surface area contributed by atoms with Crippen molar-refractivity contribution < 1.29 is 14.3 Å². The van der Waals surface area contributed by atoms with Crippen LogP contribution in [-0.4, -0.2) is 48.6 Å². The number of carbonyl (C=O) groups excluding carboxylic acids is 1. The molecular weight excluding hydrogens is 345 g/mol. The monoisotopic (exact) mass is 371 g/mol. The number of piperazine rings is 1. The number of hydrogen-bond acceptors (Lipinski definition) is 4. The van der Waals surface area contributed by atoms with Crippen molar-refractivity contribution in [2.45, 2.75) is 19.4 Å². The maximum Gasteiger partial charge on any atom is 0.225 e. The molecule has 0 aliphatic carbocycles. The van der Waals surface area contributed by atoms with E-state index in [0.717, 1.165) is 18.8 Å². The fraction of sp³-hybridized carbons (Fsp3) is 0.381. The topological polar surface area (TPSA) is 55.8 Å². The van der Waals surface area contributed by atoms with Crippen molar-refractivity contribution >= 4 is 17.3 Å². The number of nitrogens with zero attached hydrogens (tertiary/aromatic N) is 2. The number of hydrogen-bond donors (Lipinski definition) is 2. The number of rotatable bonds is 6. The molecule has 1 heterocycles. The zero-order valence-corrected chi connectivity index (χ0v) is 15.6. The van der Waals surface area contributed by atoms with Crippen LogP contribution < -0.4 is 10.2 Å². The van der Waals surface area contributed by atoms with Gasteiger partial charge in [0.05, 0.1) is 11.8 Å². The Morgan fingerprint density at radius 3 is 2.48 bits per heavy atom. The average Bonchev–Trinajstić information content (AvgIpc) is 2.67. The molecule has 144 valence electrons. The normalized spacial score (nSPS) is 16.2. The lowest BCUT2D eigenvalue weighted by atomic mass is 10.1. The summed E-state index contributed by atoms with van der Waals surface area (Å²) in [7, 11) is 0. The lowest BCUT2D eigenvalue weighted by Crippen LogP contribution is -2.47. The fourth-order valence-electron chi connectivity index (χ4n) is 3.26. The lowest BCUT2D eigenvalue weighted by molar-refractivity contribution is -0.116. The van der Waals surface area contributed by atoms with Gasteiger partial charge in [0, 0.05) is 44.8 Å². The molecule has 1 aliphatic rings. The summed E-state index contributed by atoms with van der Waals surface area (Å²) in [6, 6.07) is 14.3. The standard InChI is InChI=1S/C21H26FN3O2/c1-16(26)17-7-8-20(19(22)15-17)25-13-11-24(12-14-25)10-9-21(27)23-18-5-3-2-4-6-18/h2-8,15-16,26H,9-14H2,1H3,(H,23,27). The van der Waals surface area contributed by atoms with E-state index >= 15 is 0 Å². The fourth-order valence-corrected chi connectivity index (χ4v) is 3.26. The largest absolute Gasteiger partial charge is 0.389 e. The lowest BCUT2D eigenvalue weighted by Gasteiger charge is -2.36. The van der Waals surface area contributed by atoms with Gasteiger partial charge in [-0.2, -0.15) is 0 Å². The Morgan fingerprint density at radius 2 is 1.85 bits per heavy atom. The van der Waals surface area contributed by atoms with Gasteiger partial charge in [0.1, 0.15) is 5.82 Å². The third kappa shape index (κ3) is 5.28. The number of halogens is 1. The SMILES string of the molecule is CC(O)c1ccc(N2CCN(CCC(=O)Nc3ccccc3)CC2)c(F)c1. The molecule has 2 N–H and O–H groups in total. The molecule has 1 aliphatic heterocycles. The minimum atomic E-state index is -0.674. The molecule has 0 radical (unpaired) electrons. The first-order valence-electron chi connectivity index (χ1n) is 9.32. The van der Waals surface area contributed by atoms with Crippen LogP contribution in [0.15, 0.2) is 48.5 Å². The molecule has 0 spiro atoms. The Labute approximate surface area is 159 Å². The highest BCUT2D eigenvalue weighted by Gasteiger charge is 2.20. The second-order valence-corrected chi connectivity index (χ2v) is 6.88. The van der Waals surface area contributed by atoms with E-state index in [1.807, 2.05) is 35.2 Å². The van der Waals surface area contributed by atoms with Gasteiger partial charge in [-0.15, -0.1) is 0 Å². The Balaban J connectivity index is 1.46. The van der Waals surface area contributed by atoms with E-state index in [1.165, 1.54) is 6.07 Å². The summed E-state index contributed by atoms with van der Waals surface area (Å²) in [5.41, 5.74) is 1.96. The van der Waals surface area contributed by atoms with Gasteiger partial charge >= 0.3 is 0 Å². The summed E-state index contributed by atoms with van der Waals surface area (Å²) in [4.78, 5) is 16.3. The van der Waals surface area contributed by atoms with Gasteiger partial charge in [0.2, 0.25) is 5.91 Å². The summed E-state index contributed by atoms with van der Waals surface area (Å²) < 4.78 is 14.3. The predicted molar refractivity (Wildman–Crippen MR) is 105 cm³/mol. The number of anilines is 2. The number of nitrogens with one attached hydrogen (secondary N) is 1. The third-order valence-electron chi connectivity index (χ3n) is 4.88. The zero-order valence-electron chi connectivity index (χ0n) is 15.6. The van der Waals surface area contributed by atoms with E-state index in [0.29, 0.717) is 37.3 Å². The Kier molecular flexibility index (Phi) is 6.42. The Bertz CT molecular complexity index is 759. The molecule has 5 nitrogen and oxygen atoms in total. The van der Waals surface area contributed by atoms with Crippen LogP contribution in [0.1, 0.15) is 25.0 Å². The van der Waals surface area contributed by atoms with Gasteiger partial charge in [-0.25, -0.2) is 4.39 Å². The summed E-state index contributed by atoms with van der Waals surface area (Å²) in [6.45, 7) is 5.32. The second-order valence-electron chi connectivity index (χ2n) is 6.88. The summed E-state index contributed by atoms with van der Waals surface area (Å²) in [5.74, 6) is -0.299. The molecule has 0 saturated carbocycles. The minimum Gasteiger partial charge on any atom is -0.389 e. The van der Waals surface area contributed by atoms with Crippen LogP contribution in [0.2, 0.25) is 0 Å². The molecule has 1 unspecified atom stereocenters. The molecule has 0 aromatic heterocycles. The van der Waals surface area contributed by atoms with Gasteiger partial charge in [0.25, 0.3) is 0 Å².